The van der Waals surface area contributed by atoms with Crippen LogP contribution in [-0.4, -0.2) is 16.8 Å². The van der Waals surface area contributed by atoms with Gasteiger partial charge in [0.15, 0.2) is 0 Å². The van der Waals surface area contributed by atoms with Crippen LogP contribution < -0.4 is 0 Å². The molecule has 0 amide bonds. The molecule has 0 radical (unpaired) electrons. The van der Waals surface area contributed by atoms with Crippen LogP contribution in [0, 0.1) is 0 Å². The zero-order valence-corrected chi connectivity index (χ0v) is 9.94. The number of aliphatic carboxylic acids is 1. The molecule has 1 aromatic carbocycles. The van der Waals surface area contributed by atoms with Crippen LogP contribution >= 0.6 is 35.0 Å². The van der Waals surface area contributed by atoms with Gasteiger partial charge in [0.2, 0.25) is 0 Å². The Morgan fingerprint density at radius 2 is 2.20 bits per heavy atom. The van der Waals surface area contributed by atoms with E-state index in [0.29, 0.717) is 15.8 Å². The van der Waals surface area contributed by atoms with Crippen molar-refractivity contribution in [2.45, 2.75) is 4.90 Å². The standard InChI is InChI=1S/C10H8Cl2O2S/c11-7-3-4-8(12)9(6-7)15-5-1-2-10(13)14/h1-4,6H,5H2,(H,13,14)/b2-1+. The number of benzene rings is 1. The van der Waals surface area contributed by atoms with E-state index in [2.05, 4.69) is 0 Å². The average molecular weight is 263 g/mol. The van der Waals surface area contributed by atoms with Crippen LogP contribution in [0.5, 0.6) is 0 Å². The van der Waals surface area contributed by atoms with Crippen molar-refractivity contribution in [3.63, 3.8) is 0 Å². The van der Waals surface area contributed by atoms with Gasteiger partial charge in [-0.15, -0.1) is 11.8 Å². The number of hydrogen-bond acceptors (Lipinski definition) is 2. The van der Waals surface area contributed by atoms with E-state index < -0.39 is 5.97 Å². The summed E-state index contributed by atoms with van der Waals surface area (Å²) < 4.78 is 0. The van der Waals surface area contributed by atoms with Gasteiger partial charge >= 0.3 is 5.97 Å². The predicted octanol–water partition coefficient (Wildman–Crippen LogP) is 3.73. The van der Waals surface area contributed by atoms with Gasteiger partial charge < -0.3 is 5.11 Å². The maximum Gasteiger partial charge on any atom is 0.328 e. The minimum atomic E-state index is -0.951. The molecule has 1 aromatic rings. The lowest BCUT2D eigenvalue weighted by Crippen LogP contribution is -1.86. The van der Waals surface area contributed by atoms with E-state index in [1.807, 2.05) is 0 Å². The van der Waals surface area contributed by atoms with Gasteiger partial charge in [0.05, 0.1) is 5.02 Å². The van der Waals surface area contributed by atoms with Crippen molar-refractivity contribution in [3.05, 3.63) is 40.4 Å². The summed E-state index contributed by atoms with van der Waals surface area (Å²) in [6.07, 6.45) is 2.66. The van der Waals surface area contributed by atoms with Gasteiger partial charge in [0.25, 0.3) is 0 Å². The SMILES string of the molecule is O=C(O)/C=C/CSc1cc(Cl)ccc1Cl. The summed E-state index contributed by atoms with van der Waals surface area (Å²) in [5, 5.41) is 9.60. The Morgan fingerprint density at radius 3 is 2.87 bits per heavy atom. The topological polar surface area (TPSA) is 37.3 Å². The van der Waals surface area contributed by atoms with E-state index in [4.69, 9.17) is 28.3 Å². The number of halogens is 2. The van der Waals surface area contributed by atoms with Crippen molar-refractivity contribution in [1.29, 1.82) is 0 Å². The van der Waals surface area contributed by atoms with E-state index >= 15 is 0 Å². The molecule has 5 heteroatoms. The molecular weight excluding hydrogens is 255 g/mol. The summed E-state index contributed by atoms with van der Waals surface area (Å²) in [4.78, 5) is 11.0. The fraction of sp³-hybridized carbons (Fsp3) is 0.100. The molecule has 0 spiro atoms. The molecule has 0 saturated heterocycles. The second kappa shape index (κ2) is 6.05. The average Bonchev–Trinajstić information content (AvgIpc) is 2.17. The third-order valence-electron chi connectivity index (χ3n) is 1.49. The molecule has 0 atom stereocenters. The van der Waals surface area contributed by atoms with Crippen molar-refractivity contribution in [2.75, 3.05) is 5.75 Å². The number of hydrogen-bond donors (Lipinski definition) is 1. The molecule has 0 aliphatic carbocycles. The van der Waals surface area contributed by atoms with Crippen LogP contribution in [0.25, 0.3) is 0 Å². The quantitative estimate of drug-likeness (QED) is 0.664. The molecule has 15 heavy (non-hydrogen) atoms. The summed E-state index contributed by atoms with van der Waals surface area (Å²) >= 11 is 13.2. The summed E-state index contributed by atoms with van der Waals surface area (Å²) in [7, 11) is 0. The van der Waals surface area contributed by atoms with Gasteiger partial charge in [-0.1, -0.05) is 29.3 Å². The van der Waals surface area contributed by atoms with E-state index in [-0.39, 0.29) is 0 Å². The van der Waals surface area contributed by atoms with E-state index in [9.17, 15) is 4.79 Å². The molecule has 0 bridgehead atoms. The van der Waals surface area contributed by atoms with Gasteiger partial charge in [-0.25, -0.2) is 4.79 Å². The normalized spacial score (nSPS) is 10.8. The Bertz CT molecular complexity index is 391. The van der Waals surface area contributed by atoms with Crippen LogP contribution in [0.1, 0.15) is 0 Å². The Labute approximate surface area is 102 Å². The van der Waals surface area contributed by atoms with Crippen molar-refractivity contribution in [3.8, 4) is 0 Å². The molecule has 0 heterocycles. The molecule has 0 saturated carbocycles. The van der Waals surface area contributed by atoms with Gasteiger partial charge in [0, 0.05) is 21.7 Å². The number of carbonyl (C=O) groups is 1. The van der Waals surface area contributed by atoms with E-state index in [0.717, 1.165) is 11.0 Å². The van der Waals surface area contributed by atoms with Crippen molar-refractivity contribution in [2.24, 2.45) is 0 Å². The third kappa shape index (κ3) is 4.60. The maximum atomic E-state index is 10.2. The van der Waals surface area contributed by atoms with Crippen LogP contribution in [0.15, 0.2) is 35.2 Å². The lowest BCUT2D eigenvalue weighted by Gasteiger charge is -2.01. The van der Waals surface area contributed by atoms with E-state index in [1.54, 1.807) is 24.3 Å². The monoisotopic (exact) mass is 262 g/mol. The lowest BCUT2D eigenvalue weighted by molar-refractivity contribution is -0.131. The first-order valence-corrected chi connectivity index (χ1v) is 5.81. The smallest absolute Gasteiger partial charge is 0.328 e. The molecule has 2 nitrogen and oxygen atoms in total. The lowest BCUT2D eigenvalue weighted by atomic mass is 10.4. The number of carboxylic acids is 1. The molecule has 0 aliphatic heterocycles. The zero-order chi connectivity index (χ0) is 11.3. The van der Waals surface area contributed by atoms with Gasteiger partial charge in [-0.05, 0) is 18.2 Å². The Hall–Kier alpha value is -0.640. The molecule has 80 valence electrons. The maximum absolute atomic E-state index is 10.2. The van der Waals surface area contributed by atoms with Crippen molar-refractivity contribution >= 4 is 40.9 Å². The molecule has 0 fully saturated rings. The Kier molecular flexibility index (Phi) is 5.02. The highest BCUT2D eigenvalue weighted by Crippen LogP contribution is 2.29. The largest absolute Gasteiger partial charge is 0.478 e. The highest BCUT2D eigenvalue weighted by atomic mass is 35.5. The van der Waals surface area contributed by atoms with Crippen LogP contribution in [-0.2, 0) is 4.79 Å². The number of thioether (sulfide) groups is 1. The minimum absolute atomic E-state index is 0.548. The first kappa shape index (κ1) is 12.4. The van der Waals surface area contributed by atoms with Crippen molar-refractivity contribution < 1.29 is 9.90 Å². The zero-order valence-electron chi connectivity index (χ0n) is 7.61. The van der Waals surface area contributed by atoms with E-state index in [1.165, 1.54) is 11.8 Å². The summed E-state index contributed by atoms with van der Waals surface area (Å²) in [6, 6.07) is 5.18. The van der Waals surface area contributed by atoms with Gasteiger partial charge in [-0.2, -0.15) is 0 Å². The van der Waals surface area contributed by atoms with Crippen molar-refractivity contribution in [1.82, 2.24) is 0 Å². The van der Waals surface area contributed by atoms with Crippen LogP contribution in [0.3, 0.4) is 0 Å². The Morgan fingerprint density at radius 1 is 1.47 bits per heavy atom. The molecule has 1 rings (SSSR count). The highest BCUT2D eigenvalue weighted by Gasteiger charge is 2.00. The molecule has 0 aliphatic rings. The van der Waals surface area contributed by atoms with Gasteiger partial charge in [-0.3, -0.25) is 0 Å². The summed E-state index contributed by atoms with van der Waals surface area (Å²) in [5.41, 5.74) is 0. The highest BCUT2D eigenvalue weighted by molar-refractivity contribution is 7.99. The number of rotatable bonds is 4. The minimum Gasteiger partial charge on any atom is -0.478 e. The van der Waals surface area contributed by atoms with Crippen LogP contribution in [0.4, 0.5) is 0 Å². The van der Waals surface area contributed by atoms with Crippen LogP contribution in [0.2, 0.25) is 10.0 Å². The second-order valence-electron chi connectivity index (χ2n) is 2.63. The summed E-state index contributed by atoms with van der Waals surface area (Å²) in [6.45, 7) is 0. The summed E-state index contributed by atoms with van der Waals surface area (Å²) in [5.74, 6) is -0.403. The molecule has 0 aromatic heterocycles. The second-order valence-corrected chi connectivity index (χ2v) is 4.53. The number of carboxylic acid groups (broad SMARTS) is 1. The predicted molar refractivity (Wildman–Crippen MR) is 64.0 cm³/mol. The first-order valence-electron chi connectivity index (χ1n) is 4.07. The first-order chi connectivity index (χ1) is 7.09. The fourth-order valence-electron chi connectivity index (χ4n) is 0.875. The fourth-order valence-corrected chi connectivity index (χ4v) is 2.18. The molecule has 1 N–H and O–H groups in total. The molecular formula is C10H8Cl2O2S. The molecule has 0 unspecified atom stereocenters. The Balaban J connectivity index is 2.57. The third-order valence-corrected chi connectivity index (χ3v) is 3.17. The van der Waals surface area contributed by atoms with Gasteiger partial charge in [0.1, 0.15) is 0 Å².